The maximum absolute atomic E-state index is 12.4. The number of carbonyl (C=O) groups is 1. The molecule has 22 heavy (non-hydrogen) atoms. The molecule has 0 spiro atoms. The molecule has 8 heteroatoms. The van der Waals surface area contributed by atoms with E-state index in [2.05, 4.69) is 9.88 Å². The molecular formula is C14H24ClN3O3S. The lowest BCUT2D eigenvalue weighted by Crippen LogP contribution is -2.50. The number of methoxy groups -OCH3 is 1. The highest BCUT2D eigenvalue weighted by atomic mass is 35.5. The Morgan fingerprint density at radius 3 is 2.95 bits per heavy atom. The number of hydrogen-bond acceptors (Lipinski definition) is 7. The number of likely N-dealkylation sites (tertiary alicyclic amines) is 1. The number of ether oxygens (including phenoxy) is 2. The van der Waals surface area contributed by atoms with E-state index in [9.17, 15) is 4.79 Å². The molecule has 1 aliphatic rings. The van der Waals surface area contributed by atoms with Crippen molar-refractivity contribution in [2.24, 2.45) is 5.41 Å². The van der Waals surface area contributed by atoms with E-state index in [1.54, 1.807) is 13.3 Å². The van der Waals surface area contributed by atoms with Crippen LogP contribution in [0.25, 0.3) is 0 Å². The first-order valence-electron chi connectivity index (χ1n) is 7.18. The van der Waals surface area contributed by atoms with Crippen molar-refractivity contribution in [1.82, 2.24) is 9.88 Å². The van der Waals surface area contributed by atoms with Gasteiger partial charge < -0.3 is 15.2 Å². The topological polar surface area (TPSA) is 77.7 Å². The van der Waals surface area contributed by atoms with Crippen LogP contribution in [0.15, 0.2) is 6.20 Å². The van der Waals surface area contributed by atoms with Gasteiger partial charge in [0.2, 0.25) is 0 Å². The van der Waals surface area contributed by atoms with E-state index >= 15 is 0 Å². The third kappa shape index (κ3) is 4.55. The molecule has 6 nitrogen and oxygen atoms in total. The molecule has 0 amide bonds. The number of halogens is 1. The Morgan fingerprint density at radius 1 is 1.59 bits per heavy atom. The molecule has 1 aromatic rings. The highest BCUT2D eigenvalue weighted by molar-refractivity contribution is 7.15. The Morgan fingerprint density at radius 2 is 2.36 bits per heavy atom. The molecule has 0 saturated carbocycles. The minimum absolute atomic E-state index is 0. The van der Waals surface area contributed by atoms with E-state index in [-0.39, 0.29) is 18.4 Å². The van der Waals surface area contributed by atoms with Crippen LogP contribution in [0.5, 0.6) is 0 Å². The number of rotatable bonds is 6. The van der Waals surface area contributed by atoms with Crippen LogP contribution in [-0.4, -0.2) is 49.3 Å². The lowest BCUT2D eigenvalue weighted by Gasteiger charge is -2.40. The van der Waals surface area contributed by atoms with E-state index < -0.39 is 5.41 Å². The van der Waals surface area contributed by atoms with Crippen LogP contribution in [0.1, 0.15) is 24.6 Å². The fourth-order valence-electron chi connectivity index (χ4n) is 2.88. The van der Waals surface area contributed by atoms with Gasteiger partial charge in [-0.25, -0.2) is 4.98 Å². The summed E-state index contributed by atoms with van der Waals surface area (Å²) in [6, 6.07) is 0. The normalized spacial score (nSPS) is 22.1. The van der Waals surface area contributed by atoms with Gasteiger partial charge in [0.1, 0.15) is 5.41 Å². The molecule has 2 N–H and O–H groups in total. The van der Waals surface area contributed by atoms with Gasteiger partial charge in [0.05, 0.1) is 13.2 Å². The van der Waals surface area contributed by atoms with Gasteiger partial charge in [-0.2, -0.15) is 0 Å². The molecular weight excluding hydrogens is 326 g/mol. The van der Waals surface area contributed by atoms with Gasteiger partial charge in [0, 0.05) is 31.3 Å². The monoisotopic (exact) mass is 349 g/mol. The summed E-state index contributed by atoms with van der Waals surface area (Å²) in [5.74, 6) is -0.152. The van der Waals surface area contributed by atoms with Crippen molar-refractivity contribution in [2.45, 2.75) is 26.3 Å². The predicted octanol–water partition coefficient (Wildman–Crippen LogP) is 1.94. The molecule has 1 fully saturated rings. The summed E-state index contributed by atoms with van der Waals surface area (Å²) in [6.45, 7) is 5.00. The van der Waals surface area contributed by atoms with Crippen LogP contribution < -0.4 is 5.73 Å². The van der Waals surface area contributed by atoms with E-state index in [4.69, 9.17) is 15.2 Å². The van der Waals surface area contributed by atoms with Crippen molar-refractivity contribution >= 4 is 34.8 Å². The fraction of sp³-hybridized carbons (Fsp3) is 0.714. The second kappa shape index (κ2) is 8.67. The molecule has 1 unspecified atom stereocenters. The Balaban J connectivity index is 0.00000242. The number of carbonyl (C=O) groups excluding carboxylic acids is 1. The molecule has 1 atom stereocenters. The van der Waals surface area contributed by atoms with Crippen molar-refractivity contribution in [3.8, 4) is 0 Å². The maximum atomic E-state index is 12.4. The zero-order chi connectivity index (χ0) is 15.3. The Bertz CT molecular complexity index is 482. The Kier molecular flexibility index (Phi) is 7.55. The van der Waals surface area contributed by atoms with E-state index in [1.807, 2.05) is 6.92 Å². The van der Waals surface area contributed by atoms with Gasteiger partial charge in [0.25, 0.3) is 0 Å². The number of nitrogens with zero attached hydrogens (tertiary/aromatic N) is 2. The van der Waals surface area contributed by atoms with Crippen LogP contribution in [0.4, 0.5) is 5.13 Å². The van der Waals surface area contributed by atoms with Crippen molar-refractivity contribution < 1.29 is 14.3 Å². The average molecular weight is 350 g/mol. The van der Waals surface area contributed by atoms with Gasteiger partial charge >= 0.3 is 5.97 Å². The van der Waals surface area contributed by atoms with Crippen LogP contribution in [-0.2, 0) is 20.8 Å². The summed E-state index contributed by atoms with van der Waals surface area (Å²) in [5.41, 5.74) is 5.11. The van der Waals surface area contributed by atoms with Crippen molar-refractivity contribution in [1.29, 1.82) is 0 Å². The fourth-order valence-corrected chi connectivity index (χ4v) is 3.61. The minimum Gasteiger partial charge on any atom is -0.465 e. The molecule has 0 aromatic carbocycles. The van der Waals surface area contributed by atoms with E-state index in [1.165, 1.54) is 11.3 Å². The number of aromatic nitrogens is 1. The van der Waals surface area contributed by atoms with Gasteiger partial charge in [-0.1, -0.05) is 0 Å². The average Bonchev–Trinajstić information content (AvgIpc) is 2.85. The zero-order valence-corrected chi connectivity index (χ0v) is 14.7. The molecule has 1 aromatic heterocycles. The molecule has 0 aliphatic carbocycles. The number of thiazole rings is 1. The third-order valence-electron chi connectivity index (χ3n) is 3.74. The third-order valence-corrected chi connectivity index (χ3v) is 4.55. The quantitative estimate of drug-likeness (QED) is 0.791. The minimum atomic E-state index is -0.556. The molecule has 0 radical (unpaired) electrons. The van der Waals surface area contributed by atoms with Crippen LogP contribution >= 0.6 is 23.7 Å². The number of hydrogen-bond donors (Lipinski definition) is 1. The largest absolute Gasteiger partial charge is 0.465 e. The van der Waals surface area contributed by atoms with Crippen molar-refractivity contribution in [3.63, 3.8) is 0 Å². The lowest BCUT2D eigenvalue weighted by atomic mass is 9.80. The Labute approximate surface area is 141 Å². The molecule has 2 heterocycles. The smallest absolute Gasteiger partial charge is 0.315 e. The first-order valence-corrected chi connectivity index (χ1v) is 8.00. The SMILES string of the molecule is CCOC(=O)C1(COC)CCCN(Cc2cnc(N)s2)C1.Cl. The summed E-state index contributed by atoms with van der Waals surface area (Å²) in [4.78, 5) is 19.8. The van der Waals surface area contributed by atoms with E-state index in [0.29, 0.717) is 24.9 Å². The standard InChI is InChI=1S/C14H23N3O3S.ClH/c1-3-20-12(18)14(10-19-2)5-4-6-17(9-14)8-11-7-16-13(15)21-11;/h7H,3-6,8-10H2,1-2H3,(H2,15,16);1H. The lowest BCUT2D eigenvalue weighted by molar-refractivity contribution is -0.163. The van der Waals surface area contributed by atoms with Crippen LogP contribution in [0, 0.1) is 5.41 Å². The molecule has 0 bridgehead atoms. The first-order chi connectivity index (χ1) is 10.1. The van der Waals surface area contributed by atoms with Crippen LogP contribution in [0.2, 0.25) is 0 Å². The highest BCUT2D eigenvalue weighted by Crippen LogP contribution is 2.33. The molecule has 1 saturated heterocycles. The second-order valence-electron chi connectivity index (χ2n) is 5.41. The number of nitrogens with two attached hydrogens (primary N) is 1. The molecule has 2 rings (SSSR count). The molecule has 126 valence electrons. The number of anilines is 1. The second-order valence-corrected chi connectivity index (χ2v) is 6.56. The van der Waals surface area contributed by atoms with Gasteiger partial charge in [0.15, 0.2) is 5.13 Å². The van der Waals surface area contributed by atoms with E-state index in [0.717, 1.165) is 30.8 Å². The summed E-state index contributed by atoms with van der Waals surface area (Å²) in [5, 5.41) is 0.579. The van der Waals surface area contributed by atoms with Gasteiger partial charge in [-0.3, -0.25) is 9.69 Å². The van der Waals surface area contributed by atoms with Gasteiger partial charge in [-0.05, 0) is 26.3 Å². The summed E-state index contributed by atoms with van der Waals surface area (Å²) >= 11 is 1.49. The maximum Gasteiger partial charge on any atom is 0.315 e. The van der Waals surface area contributed by atoms with Crippen LogP contribution in [0.3, 0.4) is 0 Å². The first kappa shape index (κ1) is 19.2. The number of esters is 1. The summed E-state index contributed by atoms with van der Waals surface area (Å²) < 4.78 is 10.6. The van der Waals surface area contributed by atoms with Crippen molar-refractivity contribution in [2.75, 3.05) is 39.1 Å². The predicted molar refractivity (Wildman–Crippen MR) is 89.2 cm³/mol. The zero-order valence-electron chi connectivity index (χ0n) is 13.0. The van der Waals surface area contributed by atoms with Gasteiger partial charge in [-0.15, -0.1) is 23.7 Å². The van der Waals surface area contributed by atoms with Crippen molar-refractivity contribution in [3.05, 3.63) is 11.1 Å². The summed E-state index contributed by atoms with van der Waals surface area (Å²) in [7, 11) is 1.63. The molecule has 1 aliphatic heterocycles. The number of nitrogen functional groups attached to an aromatic ring is 1. The number of piperidine rings is 1. The summed E-state index contributed by atoms with van der Waals surface area (Å²) in [6.07, 6.45) is 3.56. The highest BCUT2D eigenvalue weighted by Gasteiger charge is 2.43. The Hall–Kier alpha value is -0.890.